The van der Waals surface area contributed by atoms with Gasteiger partial charge in [0, 0.05) is 31.2 Å². The highest BCUT2D eigenvalue weighted by molar-refractivity contribution is 5.75. The van der Waals surface area contributed by atoms with Gasteiger partial charge in [0.2, 0.25) is 0 Å². The summed E-state index contributed by atoms with van der Waals surface area (Å²) in [7, 11) is 0. The van der Waals surface area contributed by atoms with Crippen LogP contribution in [0.25, 0.3) is 0 Å². The van der Waals surface area contributed by atoms with E-state index >= 15 is 0 Å². The molecule has 0 bridgehead atoms. The van der Waals surface area contributed by atoms with Gasteiger partial charge in [0.25, 0.3) is 0 Å². The first kappa shape index (κ1) is 15.8. The Morgan fingerprint density at radius 1 is 1.08 bits per heavy atom. The van der Waals surface area contributed by atoms with Gasteiger partial charge in [-0.05, 0) is 50.1 Å². The van der Waals surface area contributed by atoms with Crippen LogP contribution in [-0.4, -0.2) is 53.6 Å². The summed E-state index contributed by atoms with van der Waals surface area (Å²) in [5, 5.41) is 0. The zero-order chi connectivity index (χ0) is 16.9. The van der Waals surface area contributed by atoms with Gasteiger partial charge in [-0.2, -0.15) is 0 Å². The Labute approximate surface area is 150 Å². The lowest BCUT2D eigenvalue weighted by atomic mass is 9.70. The molecule has 134 valence electrons. The Balaban J connectivity index is 1.34. The molecule has 0 aliphatic carbocycles. The number of cyclic esters (lactones) is 1. The first-order valence-corrected chi connectivity index (χ1v) is 9.98. The number of piperidine rings is 1. The summed E-state index contributed by atoms with van der Waals surface area (Å²) in [6.45, 7) is 5.17. The average molecular weight is 340 g/mol. The topological polar surface area (TPSA) is 32.8 Å². The van der Waals surface area contributed by atoms with Crippen molar-refractivity contribution in [2.75, 3.05) is 26.2 Å². The number of nitrogens with zero attached hydrogens (tertiary/aromatic N) is 2. The number of carbonyl (C=O) groups excluding carboxylic acids is 1. The highest BCUT2D eigenvalue weighted by Crippen LogP contribution is 2.55. The lowest BCUT2D eigenvalue weighted by Crippen LogP contribution is -2.56. The second kappa shape index (κ2) is 6.10. The molecule has 4 heterocycles. The summed E-state index contributed by atoms with van der Waals surface area (Å²) in [5.41, 5.74) is 1.67. The van der Waals surface area contributed by atoms with Crippen LogP contribution in [0, 0.1) is 11.8 Å². The lowest BCUT2D eigenvalue weighted by Gasteiger charge is -2.48. The van der Waals surface area contributed by atoms with Gasteiger partial charge in [-0.3, -0.25) is 14.6 Å². The van der Waals surface area contributed by atoms with Crippen LogP contribution in [0.3, 0.4) is 0 Å². The molecule has 1 spiro atoms. The van der Waals surface area contributed by atoms with Crippen LogP contribution < -0.4 is 0 Å². The maximum Gasteiger partial charge on any atom is 0.310 e. The molecule has 1 aromatic rings. The molecular weight excluding hydrogens is 312 g/mol. The minimum atomic E-state index is 0.0942. The molecular formula is C21H28N2O2. The maximum atomic E-state index is 12.5. The van der Waals surface area contributed by atoms with Crippen molar-refractivity contribution in [3.05, 3.63) is 35.9 Å². The average Bonchev–Trinajstić information content (AvgIpc) is 3.21. The summed E-state index contributed by atoms with van der Waals surface area (Å²) < 4.78 is 5.46. The quantitative estimate of drug-likeness (QED) is 0.775. The molecule has 5 rings (SSSR count). The van der Waals surface area contributed by atoms with E-state index in [4.69, 9.17) is 4.74 Å². The normalized spacial score (nSPS) is 34.7. The summed E-state index contributed by atoms with van der Waals surface area (Å²) in [6.07, 6.45) is 5.93. The van der Waals surface area contributed by atoms with E-state index in [-0.39, 0.29) is 17.4 Å². The van der Waals surface area contributed by atoms with Gasteiger partial charge >= 0.3 is 5.97 Å². The lowest BCUT2D eigenvalue weighted by molar-refractivity contribution is -0.157. The van der Waals surface area contributed by atoms with Gasteiger partial charge in [-0.1, -0.05) is 30.3 Å². The highest BCUT2D eigenvalue weighted by atomic mass is 16.5. The monoisotopic (exact) mass is 340 g/mol. The van der Waals surface area contributed by atoms with Gasteiger partial charge in [0.1, 0.15) is 0 Å². The van der Waals surface area contributed by atoms with Crippen molar-refractivity contribution in [3.8, 4) is 0 Å². The molecule has 0 radical (unpaired) electrons. The second-order valence-corrected chi connectivity index (χ2v) is 8.36. The fourth-order valence-electron chi connectivity index (χ4n) is 6.28. The minimum absolute atomic E-state index is 0.0942. The number of hydrogen-bond acceptors (Lipinski definition) is 4. The van der Waals surface area contributed by atoms with Crippen LogP contribution in [0.5, 0.6) is 0 Å². The molecule has 0 amide bonds. The van der Waals surface area contributed by atoms with E-state index in [9.17, 15) is 4.79 Å². The molecule has 4 fully saturated rings. The fraction of sp³-hybridized carbons (Fsp3) is 0.667. The maximum absolute atomic E-state index is 12.5. The summed E-state index contributed by atoms with van der Waals surface area (Å²) in [4.78, 5) is 17.8. The molecule has 0 saturated carbocycles. The van der Waals surface area contributed by atoms with E-state index < -0.39 is 0 Å². The molecule has 3 atom stereocenters. The summed E-state index contributed by atoms with van der Waals surface area (Å²) in [6, 6.07) is 11.3. The molecule has 0 unspecified atom stereocenters. The van der Waals surface area contributed by atoms with E-state index in [1.165, 1.54) is 37.8 Å². The highest BCUT2D eigenvalue weighted by Gasteiger charge is 2.63. The first-order chi connectivity index (χ1) is 12.3. The number of esters is 1. The third kappa shape index (κ3) is 2.45. The Kier molecular flexibility index (Phi) is 3.86. The zero-order valence-corrected chi connectivity index (χ0v) is 14.9. The van der Waals surface area contributed by atoms with Crippen LogP contribution in [-0.2, 0) is 16.1 Å². The van der Waals surface area contributed by atoms with Gasteiger partial charge in [-0.25, -0.2) is 0 Å². The molecule has 4 heteroatoms. The van der Waals surface area contributed by atoms with Crippen molar-refractivity contribution in [2.24, 2.45) is 11.8 Å². The van der Waals surface area contributed by atoms with Crippen molar-refractivity contribution in [2.45, 2.75) is 50.2 Å². The SMILES string of the molecule is O=C1OCC[C@@H]2[C@@H]1[C@@H]1CCCN1C21CCN(Cc2ccccc2)CC1. The van der Waals surface area contributed by atoms with E-state index in [1.807, 2.05) is 0 Å². The second-order valence-electron chi connectivity index (χ2n) is 8.36. The van der Waals surface area contributed by atoms with Crippen molar-refractivity contribution < 1.29 is 9.53 Å². The Hall–Kier alpha value is -1.39. The smallest absolute Gasteiger partial charge is 0.310 e. The largest absolute Gasteiger partial charge is 0.465 e. The third-order valence-electron chi connectivity index (χ3n) is 7.33. The third-order valence-corrected chi connectivity index (χ3v) is 7.33. The zero-order valence-electron chi connectivity index (χ0n) is 14.9. The van der Waals surface area contributed by atoms with E-state index in [1.54, 1.807) is 0 Å². The molecule has 4 saturated heterocycles. The van der Waals surface area contributed by atoms with E-state index in [0.717, 1.165) is 26.1 Å². The van der Waals surface area contributed by atoms with Gasteiger partial charge < -0.3 is 4.74 Å². The molecule has 4 aliphatic heterocycles. The van der Waals surface area contributed by atoms with Crippen LogP contribution in [0.4, 0.5) is 0 Å². The van der Waals surface area contributed by atoms with Crippen molar-refractivity contribution >= 4 is 5.97 Å². The van der Waals surface area contributed by atoms with Crippen LogP contribution in [0.15, 0.2) is 30.3 Å². The molecule has 0 aromatic heterocycles. The van der Waals surface area contributed by atoms with E-state index in [0.29, 0.717) is 18.6 Å². The number of carbonyl (C=O) groups is 1. The molecule has 4 nitrogen and oxygen atoms in total. The number of rotatable bonds is 2. The number of benzene rings is 1. The fourth-order valence-corrected chi connectivity index (χ4v) is 6.28. The van der Waals surface area contributed by atoms with Crippen LogP contribution >= 0.6 is 0 Å². The Bertz CT molecular complexity index is 639. The summed E-state index contributed by atoms with van der Waals surface area (Å²) >= 11 is 0. The van der Waals surface area contributed by atoms with Crippen LogP contribution in [0.2, 0.25) is 0 Å². The van der Waals surface area contributed by atoms with Crippen molar-refractivity contribution in [3.63, 3.8) is 0 Å². The predicted molar refractivity (Wildman–Crippen MR) is 96.0 cm³/mol. The van der Waals surface area contributed by atoms with Crippen molar-refractivity contribution in [1.29, 1.82) is 0 Å². The number of likely N-dealkylation sites (tertiary alicyclic amines) is 1. The van der Waals surface area contributed by atoms with Crippen LogP contribution in [0.1, 0.15) is 37.7 Å². The molecule has 4 aliphatic rings. The number of hydrogen-bond donors (Lipinski definition) is 0. The van der Waals surface area contributed by atoms with Gasteiger partial charge in [-0.15, -0.1) is 0 Å². The number of fused-ring (bicyclic) bond motifs is 5. The number of ether oxygens (including phenoxy) is 1. The summed E-state index contributed by atoms with van der Waals surface area (Å²) in [5.74, 6) is 0.770. The standard InChI is InChI=1S/C21H28N2O2/c24-20-19-17(8-14-25-20)21(23-11-4-7-18(19)23)9-12-22(13-10-21)15-16-5-2-1-3-6-16/h1-3,5-6,17-19H,4,7-15H2/t17-,18+,19-/m1/s1. The molecule has 25 heavy (non-hydrogen) atoms. The van der Waals surface area contributed by atoms with Gasteiger partial charge in [0.05, 0.1) is 12.5 Å². The van der Waals surface area contributed by atoms with Gasteiger partial charge in [0.15, 0.2) is 0 Å². The molecule has 0 N–H and O–H groups in total. The first-order valence-electron chi connectivity index (χ1n) is 9.98. The van der Waals surface area contributed by atoms with E-state index in [2.05, 4.69) is 40.1 Å². The Morgan fingerprint density at radius 3 is 2.68 bits per heavy atom. The Morgan fingerprint density at radius 2 is 1.88 bits per heavy atom. The predicted octanol–water partition coefficient (Wildman–Crippen LogP) is 2.68. The molecule has 1 aromatic carbocycles. The minimum Gasteiger partial charge on any atom is -0.465 e. The van der Waals surface area contributed by atoms with Crippen molar-refractivity contribution in [1.82, 2.24) is 9.80 Å².